The molecule has 2 aromatic carbocycles. The number of aromatic nitrogens is 2. The summed E-state index contributed by atoms with van der Waals surface area (Å²) in [5.74, 6) is 2.63. The van der Waals surface area contributed by atoms with Gasteiger partial charge in [-0.05, 0) is 42.8 Å². The average molecular weight is 411 g/mol. The van der Waals surface area contributed by atoms with Crippen molar-refractivity contribution in [2.75, 3.05) is 21.3 Å². The fraction of sp³-hybridized carbons (Fsp3) is 0.318. The molecule has 0 fully saturated rings. The molecule has 0 saturated carbocycles. The second-order valence-corrected chi connectivity index (χ2v) is 6.63. The van der Waals surface area contributed by atoms with Crippen molar-refractivity contribution in [3.8, 4) is 28.6 Å². The zero-order chi connectivity index (χ0) is 21.5. The van der Waals surface area contributed by atoms with Crippen LogP contribution < -0.4 is 14.2 Å². The van der Waals surface area contributed by atoms with Crippen molar-refractivity contribution in [3.05, 3.63) is 54.4 Å². The summed E-state index contributed by atoms with van der Waals surface area (Å²) in [6, 6.07) is 14.5. The van der Waals surface area contributed by atoms with Gasteiger partial charge >= 0.3 is 0 Å². The Morgan fingerprint density at radius 2 is 1.77 bits per heavy atom. The van der Waals surface area contributed by atoms with Crippen molar-refractivity contribution >= 4 is 5.91 Å². The van der Waals surface area contributed by atoms with Crippen molar-refractivity contribution in [3.63, 3.8) is 0 Å². The van der Waals surface area contributed by atoms with Crippen LogP contribution >= 0.6 is 0 Å². The van der Waals surface area contributed by atoms with Gasteiger partial charge in [0.2, 0.25) is 11.7 Å². The highest BCUT2D eigenvalue weighted by atomic mass is 16.5. The minimum Gasteiger partial charge on any atom is -0.497 e. The van der Waals surface area contributed by atoms with Crippen LogP contribution in [-0.2, 0) is 11.3 Å². The molecule has 0 unspecified atom stereocenters. The molecule has 0 aliphatic heterocycles. The molecule has 3 aromatic rings. The molecule has 1 atom stereocenters. The molecule has 1 amide bonds. The molecule has 0 radical (unpaired) electrons. The lowest BCUT2D eigenvalue weighted by Gasteiger charge is -2.22. The highest BCUT2D eigenvalue weighted by Crippen LogP contribution is 2.22. The van der Waals surface area contributed by atoms with E-state index in [0.29, 0.717) is 29.6 Å². The molecule has 1 heterocycles. The molecule has 0 aliphatic rings. The van der Waals surface area contributed by atoms with Gasteiger partial charge in [-0.3, -0.25) is 4.79 Å². The number of benzene rings is 2. The number of amides is 1. The quantitative estimate of drug-likeness (QED) is 0.532. The molecule has 0 N–H and O–H groups in total. The van der Waals surface area contributed by atoms with E-state index in [1.54, 1.807) is 45.5 Å². The van der Waals surface area contributed by atoms with E-state index in [1.165, 1.54) is 4.90 Å². The average Bonchev–Trinajstić information content (AvgIpc) is 3.26. The first kappa shape index (κ1) is 21.2. The van der Waals surface area contributed by atoms with E-state index >= 15 is 0 Å². The third kappa shape index (κ3) is 5.08. The van der Waals surface area contributed by atoms with E-state index in [9.17, 15) is 4.79 Å². The van der Waals surface area contributed by atoms with Crippen molar-refractivity contribution in [1.82, 2.24) is 15.0 Å². The third-order valence-electron chi connectivity index (χ3n) is 4.53. The summed E-state index contributed by atoms with van der Waals surface area (Å²) in [6.07, 6.45) is -0.0992. The predicted octanol–water partition coefficient (Wildman–Crippen LogP) is 3.57. The van der Waals surface area contributed by atoms with E-state index < -0.39 is 6.10 Å². The molecule has 0 spiro atoms. The minimum atomic E-state index is -0.621. The highest BCUT2D eigenvalue weighted by Gasteiger charge is 2.24. The maximum atomic E-state index is 12.8. The molecule has 3 rings (SSSR count). The summed E-state index contributed by atoms with van der Waals surface area (Å²) in [5.41, 5.74) is 0.771. The summed E-state index contributed by atoms with van der Waals surface area (Å²) in [5, 5.41) is 4.00. The lowest BCUT2D eigenvalue weighted by atomic mass is 10.2. The van der Waals surface area contributed by atoms with Crippen molar-refractivity contribution < 1.29 is 23.5 Å². The van der Waals surface area contributed by atoms with Crippen LogP contribution in [-0.4, -0.2) is 48.3 Å². The Balaban J connectivity index is 1.64. The molecule has 0 aliphatic carbocycles. The van der Waals surface area contributed by atoms with Gasteiger partial charge in [0.25, 0.3) is 5.91 Å². The van der Waals surface area contributed by atoms with Crippen LogP contribution in [0.5, 0.6) is 17.2 Å². The first-order valence-corrected chi connectivity index (χ1v) is 9.56. The van der Waals surface area contributed by atoms with Gasteiger partial charge in [0, 0.05) is 12.6 Å². The van der Waals surface area contributed by atoms with E-state index in [1.807, 2.05) is 31.2 Å². The van der Waals surface area contributed by atoms with E-state index in [-0.39, 0.29) is 12.5 Å². The maximum Gasteiger partial charge on any atom is 0.263 e. The summed E-state index contributed by atoms with van der Waals surface area (Å²) >= 11 is 0. The minimum absolute atomic E-state index is 0.172. The number of rotatable bonds is 9. The lowest BCUT2D eigenvalue weighted by molar-refractivity contribution is -0.138. The highest BCUT2D eigenvalue weighted by molar-refractivity contribution is 5.81. The van der Waals surface area contributed by atoms with E-state index in [0.717, 1.165) is 11.3 Å². The van der Waals surface area contributed by atoms with Gasteiger partial charge in [-0.1, -0.05) is 24.2 Å². The zero-order valence-electron chi connectivity index (χ0n) is 17.5. The van der Waals surface area contributed by atoms with Gasteiger partial charge in [0.05, 0.1) is 20.8 Å². The molecule has 8 nitrogen and oxygen atoms in total. The van der Waals surface area contributed by atoms with E-state index in [4.69, 9.17) is 18.7 Å². The molecule has 0 bridgehead atoms. The lowest BCUT2D eigenvalue weighted by Crippen LogP contribution is -2.39. The van der Waals surface area contributed by atoms with Crippen LogP contribution in [0.3, 0.4) is 0 Å². The number of carbonyl (C=O) groups is 1. The Morgan fingerprint density at radius 1 is 1.07 bits per heavy atom. The fourth-order valence-corrected chi connectivity index (χ4v) is 2.85. The van der Waals surface area contributed by atoms with Gasteiger partial charge in [-0.15, -0.1) is 0 Å². The maximum absolute atomic E-state index is 12.8. The van der Waals surface area contributed by atoms with Gasteiger partial charge in [0.15, 0.2) is 6.10 Å². The first-order chi connectivity index (χ1) is 14.5. The third-order valence-corrected chi connectivity index (χ3v) is 4.53. The van der Waals surface area contributed by atoms with Crippen molar-refractivity contribution in [2.45, 2.75) is 26.0 Å². The Hall–Kier alpha value is -3.55. The molecule has 30 heavy (non-hydrogen) atoms. The molecule has 8 heteroatoms. The van der Waals surface area contributed by atoms with E-state index in [2.05, 4.69) is 10.1 Å². The van der Waals surface area contributed by atoms with Gasteiger partial charge in [-0.2, -0.15) is 4.98 Å². The monoisotopic (exact) mass is 411 g/mol. The van der Waals surface area contributed by atoms with Gasteiger partial charge in [0.1, 0.15) is 17.2 Å². The largest absolute Gasteiger partial charge is 0.497 e. The topological polar surface area (TPSA) is 86.9 Å². The second kappa shape index (κ2) is 9.78. The van der Waals surface area contributed by atoms with Crippen LogP contribution in [0, 0.1) is 0 Å². The number of hydrogen-bond acceptors (Lipinski definition) is 7. The number of methoxy groups -OCH3 is 2. The van der Waals surface area contributed by atoms with Gasteiger partial charge in [-0.25, -0.2) is 0 Å². The number of ether oxygens (including phenoxy) is 3. The van der Waals surface area contributed by atoms with Crippen LogP contribution in [0.1, 0.15) is 19.2 Å². The Morgan fingerprint density at radius 3 is 2.43 bits per heavy atom. The molecule has 1 aromatic heterocycles. The van der Waals surface area contributed by atoms with Crippen LogP contribution in [0.4, 0.5) is 0 Å². The normalized spacial score (nSPS) is 11.6. The zero-order valence-corrected chi connectivity index (χ0v) is 17.5. The number of likely N-dealkylation sites (N-methyl/N-ethyl adjacent to an activating group) is 1. The summed E-state index contributed by atoms with van der Waals surface area (Å²) in [4.78, 5) is 18.7. The molecular weight excluding hydrogens is 386 g/mol. The summed E-state index contributed by atoms with van der Waals surface area (Å²) in [7, 11) is 4.87. The van der Waals surface area contributed by atoms with Crippen LogP contribution in [0.25, 0.3) is 11.4 Å². The van der Waals surface area contributed by atoms with Crippen LogP contribution in [0.15, 0.2) is 53.1 Å². The Bertz CT molecular complexity index is 971. The smallest absolute Gasteiger partial charge is 0.263 e. The fourth-order valence-electron chi connectivity index (χ4n) is 2.85. The molecule has 158 valence electrons. The van der Waals surface area contributed by atoms with Crippen molar-refractivity contribution in [2.24, 2.45) is 0 Å². The second-order valence-electron chi connectivity index (χ2n) is 6.63. The Labute approximate surface area is 175 Å². The molecular formula is C22H25N3O5. The van der Waals surface area contributed by atoms with Gasteiger partial charge < -0.3 is 23.6 Å². The Kier molecular flexibility index (Phi) is 6.90. The number of hydrogen-bond donors (Lipinski definition) is 0. The summed E-state index contributed by atoms with van der Waals surface area (Å²) in [6.45, 7) is 2.08. The standard InChI is InChI=1S/C22H25N3O5/c1-5-19(29-17-11-9-16(27-3)10-12-17)22(26)25(2)14-20-23-21(24-30-20)15-7-6-8-18(13-15)28-4/h6-13,19H,5,14H2,1-4H3/t19-/m0/s1. The number of nitrogens with zero attached hydrogens (tertiary/aromatic N) is 3. The predicted molar refractivity (Wildman–Crippen MR) is 110 cm³/mol. The molecule has 0 saturated heterocycles. The van der Waals surface area contributed by atoms with Crippen molar-refractivity contribution in [1.29, 1.82) is 0 Å². The summed E-state index contributed by atoms with van der Waals surface area (Å²) < 4.78 is 21.5. The number of carbonyl (C=O) groups excluding carboxylic acids is 1. The SMILES string of the molecule is CC[C@H](Oc1ccc(OC)cc1)C(=O)N(C)Cc1nc(-c2cccc(OC)c2)no1. The van der Waals surface area contributed by atoms with Crippen LogP contribution in [0.2, 0.25) is 0 Å². The first-order valence-electron chi connectivity index (χ1n) is 9.56.